The van der Waals surface area contributed by atoms with E-state index in [2.05, 4.69) is 21.9 Å². The highest BCUT2D eigenvalue weighted by atomic mass is 32.2. The summed E-state index contributed by atoms with van der Waals surface area (Å²) in [4.78, 5) is 3.95. The van der Waals surface area contributed by atoms with Gasteiger partial charge in [0, 0.05) is 6.07 Å². The van der Waals surface area contributed by atoms with Crippen LogP contribution in [0.2, 0.25) is 0 Å². The standard InChI is InChI=1S/C13H23N3O3S/c1-3-8-14-9-4-5-10-20(17,18)16-12-6-7-13(19-2)15-11-12/h6-7,11,14,16H,3-5,8-10H2,1-2H3. The van der Waals surface area contributed by atoms with E-state index in [1.807, 2.05) is 0 Å². The van der Waals surface area contributed by atoms with Gasteiger partial charge in [-0.2, -0.15) is 0 Å². The molecule has 0 spiro atoms. The Morgan fingerprint density at radius 3 is 2.65 bits per heavy atom. The van der Waals surface area contributed by atoms with Crippen LogP contribution < -0.4 is 14.8 Å². The number of ether oxygens (including phenoxy) is 1. The molecule has 0 atom stereocenters. The molecule has 1 aromatic heterocycles. The highest BCUT2D eigenvalue weighted by Crippen LogP contribution is 2.12. The van der Waals surface area contributed by atoms with Crippen LogP contribution >= 0.6 is 0 Å². The number of rotatable bonds is 10. The fourth-order valence-electron chi connectivity index (χ4n) is 1.64. The topological polar surface area (TPSA) is 80.3 Å². The number of methoxy groups -OCH3 is 1. The monoisotopic (exact) mass is 301 g/mol. The number of pyridine rings is 1. The number of hydrogen-bond donors (Lipinski definition) is 2. The lowest BCUT2D eigenvalue weighted by atomic mass is 10.3. The van der Waals surface area contributed by atoms with E-state index in [1.54, 1.807) is 12.1 Å². The first-order valence-electron chi connectivity index (χ1n) is 6.78. The highest BCUT2D eigenvalue weighted by Gasteiger charge is 2.10. The first kappa shape index (κ1) is 16.7. The van der Waals surface area contributed by atoms with Crippen LogP contribution in [0.15, 0.2) is 18.3 Å². The Labute approximate surface area is 121 Å². The summed E-state index contributed by atoms with van der Waals surface area (Å²) in [5.74, 6) is 0.572. The van der Waals surface area contributed by atoms with E-state index in [9.17, 15) is 8.42 Å². The Kier molecular flexibility index (Phi) is 7.32. The van der Waals surface area contributed by atoms with Gasteiger partial charge in [-0.1, -0.05) is 6.92 Å². The number of nitrogens with zero attached hydrogens (tertiary/aromatic N) is 1. The van der Waals surface area contributed by atoms with Crippen molar-refractivity contribution in [1.29, 1.82) is 0 Å². The molecule has 0 bridgehead atoms. The molecule has 1 aromatic rings. The first-order chi connectivity index (χ1) is 9.57. The number of sulfonamides is 1. The van der Waals surface area contributed by atoms with Crippen molar-refractivity contribution in [3.05, 3.63) is 18.3 Å². The van der Waals surface area contributed by atoms with Gasteiger partial charge in [0.25, 0.3) is 0 Å². The van der Waals surface area contributed by atoms with Crippen LogP contribution in [-0.2, 0) is 10.0 Å². The molecule has 7 heteroatoms. The molecule has 20 heavy (non-hydrogen) atoms. The number of nitrogens with one attached hydrogen (secondary N) is 2. The molecule has 0 aliphatic heterocycles. The fraction of sp³-hybridized carbons (Fsp3) is 0.615. The van der Waals surface area contributed by atoms with Crippen LogP contribution in [0, 0.1) is 0 Å². The van der Waals surface area contributed by atoms with Crippen LogP contribution in [0.25, 0.3) is 0 Å². The number of unbranched alkanes of at least 4 members (excludes halogenated alkanes) is 1. The van der Waals surface area contributed by atoms with Crippen molar-refractivity contribution in [1.82, 2.24) is 10.3 Å². The maximum atomic E-state index is 11.9. The lowest BCUT2D eigenvalue weighted by Crippen LogP contribution is -2.20. The number of aromatic nitrogens is 1. The Morgan fingerprint density at radius 1 is 1.25 bits per heavy atom. The summed E-state index contributed by atoms with van der Waals surface area (Å²) >= 11 is 0. The Hall–Kier alpha value is -1.34. The summed E-state index contributed by atoms with van der Waals surface area (Å²) in [7, 11) is -1.79. The first-order valence-corrected chi connectivity index (χ1v) is 8.44. The van der Waals surface area contributed by atoms with E-state index in [0.29, 0.717) is 18.0 Å². The lowest BCUT2D eigenvalue weighted by molar-refractivity contribution is 0.398. The van der Waals surface area contributed by atoms with Crippen LogP contribution in [-0.4, -0.2) is 39.4 Å². The van der Waals surface area contributed by atoms with Gasteiger partial charge in [0.05, 0.1) is 24.7 Å². The van der Waals surface area contributed by atoms with Crippen molar-refractivity contribution in [3.63, 3.8) is 0 Å². The van der Waals surface area contributed by atoms with Crippen molar-refractivity contribution in [3.8, 4) is 5.88 Å². The average Bonchev–Trinajstić information content (AvgIpc) is 2.43. The van der Waals surface area contributed by atoms with E-state index in [-0.39, 0.29) is 5.75 Å². The summed E-state index contributed by atoms with van der Waals surface area (Å²) in [6, 6.07) is 3.25. The predicted molar refractivity (Wildman–Crippen MR) is 80.6 cm³/mol. The van der Waals surface area contributed by atoms with Crippen molar-refractivity contribution in [2.75, 3.05) is 30.7 Å². The number of anilines is 1. The molecular weight excluding hydrogens is 278 g/mol. The van der Waals surface area contributed by atoms with Gasteiger partial charge in [-0.25, -0.2) is 13.4 Å². The summed E-state index contributed by atoms with van der Waals surface area (Å²) in [6.45, 7) is 3.93. The second kappa shape index (κ2) is 8.76. The zero-order valence-corrected chi connectivity index (χ0v) is 12.9. The molecule has 6 nitrogen and oxygen atoms in total. The van der Waals surface area contributed by atoms with Crippen molar-refractivity contribution in [2.24, 2.45) is 0 Å². The SMILES string of the molecule is CCCNCCCCS(=O)(=O)Nc1ccc(OC)nc1. The van der Waals surface area contributed by atoms with Gasteiger partial charge in [-0.3, -0.25) is 4.72 Å². The molecule has 0 saturated carbocycles. The molecule has 0 aliphatic carbocycles. The molecule has 1 heterocycles. The molecule has 0 fully saturated rings. The van der Waals surface area contributed by atoms with Gasteiger partial charge in [0.15, 0.2) is 0 Å². The van der Waals surface area contributed by atoms with Gasteiger partial charge in [-0.05, 0) is 38.4 Å². The molecular formula is C13H23N3O3S. The van der Waals surface area contributed by atoms with E-state index < -0.39 is 10.0 Å². The zero-order chi connectivity index (χ0) is 14.8. The van der Waals surface area contributed by atoms with Crippen LogP contribution in [0.3, 0.4) is 0 Å². The highest BCUT2D eigenvalue weighted by molar-refractivity contribution is 7.92. The molecule has 1 rings (SSSR count). The molecule has 0 saturated heterocycles. The van der Waals surface area contributed by atoms with E-state index in [1.165, 1.54) is 13.3 Å². The largest absolute Gasteiger partial charge is 0.481 e. The molecule has 0 aromatic carbocycles. The van der Waals surface area contributed by atoms with Crippen LogP contribution in [0.5, 0.6) is 5.88 Å². The second-order valence-electron chi connectivity index (χ2n) is 4.47. The van der Waals surface area contributed by atoms with Gasteiger partial charge in [0.2, 0.25) is 15.9 Å². The van der Waals surface area contributed by atoms with Crippen molar-refractivity contribution < 1.29 is 13.2 Å². The third-order valence-electron chi connectivity index (χ3n) is 2.66. The summed E-state index contributed by atoms with van der Waals surface area (Å²) < 4.78 is 31.1. The maximum absolute atomic E-state index is 11.9. The van der Waals surface area contributed by atoms with E-state index in [0.717, 1.165) is 25.9 Å². The second-order valence-corrected chi connectivity index (χ2v) is 6.31. The minimum atomic E-state index is -3.31. The van der Waals surface area contributed by atoms with Gasteiger partial charge in [-0.15, -0.1) is 0 Å². The van der Waals surface area contributed by atoms with Crippen LogP contribution in [0.4, 0.5) is 5.69 Å². The zero-order valence-electron chi connectivity index (χ0n) is 12.1. The minimum Gasteiger partial charge on any atom is -0.481 e. The summed E-state index contributed by atoms with van der Waals surface area (Å²) in [5, 5.41) is 3.24. The van der Waals surface area contributed by atoms with E-state index in [4.69, 9.17) is 4.74 Å². The minimum absolute atomic E-state index is 0.118. The van der Waals surface area contributed by atoms with Gasteiger partial charge in [0.1, 0.15) is 0 Å². The molecule has 0 amide bonds. The summed E-state index contributed by atoms with van der Waals surface area (Å²) in [6.07, 6.45) is 4.01. The third-order valence-corrected chi connectivity index (χ3v) is 4.04. The van der Waals surface area contributed by atoms with Gasteiger partial charge < -0.3 is 10.1 Å². The van der Waals surface area contributed by atoms with Crippen molar-refractivity contribution >= 4 is 15.7 Å². The van der Waals surface area contributed by atoms with Crippen LogP contribution in [0.1, 0.15) is 26.2 Å². The molecule has 0 aliphatic rings. The normalized spacial score (nSPS) is 11.3. The molecule has 0 radical (unpaired) electrons. The predicted octanol–water partition coefficient (Wildman–Crippen LogP) is 1.61. The molecule has 2 N–H and O–H groups in total. The Balaban J connectivity index is 2.33. The summed E-state index contributed by atoms with van der Waals surface area (Å²) in [5.41, 5.74) is 0.454. The smallest absolute Gasteiger partial charge is 0.232 e. The maximum Gasteiger partial charge on any atom is 0.232 e. The third kappa shape index (κ3) is 6.72. The molecule has 0 unspecified atom stereocenters. The quantitative estimate of drug-likeness (QED) is 0.642. The fourth-order valence-corrected chi connectivity index (χ4v) is 2.80. The van der Waals surface area contributed by atoms with Crippen molar-refractivity contribution in [2.45, 2.75) is 26.2 Å². The Bertz CT molecular complexity index is 474. The lowest BCUT2D eigenvalue weighted by Gasteiger charge is -2.08. The average molecular weight is 301 g/mol. The Morgan fingerprint density at radius 2 is 2.05 bits per heavy atom. The molecule has 114 valence electrons. The number of hydrogen-bond acceptors (Lipinski definition) is 5. The van der Waals surface area contributed by atoms with Gasteiger partial charge >= 0.3 is 0 Å². The van der Waals surface area contributed by atoms with E-state index >= 15 is 0 Å².